The first-order valence-electron chi connectivity index (χ1n) is 3.46. The van der Waals surface area contributed by atoms with E-state index in [1.54, 1.807) is 13.8 Å². The van der Waals surface area contributed by atoms with Crippen LogP contribution in [0.3, 0.4) is 0 Å². The molecule has 1 N–H and O–H groups in total. The lowest BCUT2D eigenvalue weighted by atomic mass is 10.2. The third-order valence-electron chi connectivity index (χ3n) is 1.02. The SMILES string of the molecule is CC(C)C(=O)OCCCO. The van der Waals surface area contributed by atoms with Gasteiger partial charge in [-0.15, -0.1) is 0 Å². The third kappa shape index (κ3) is 4.32. The topological polar surface area (TPSA) is 46.5 Å². The number of hydrogen-bond donors (Lipinski definition) is 1. The van der Waals surface area contributed by atoms with Crippen molar-refractivity contribution in [2.45, 2.75) is 20.3 Å². The first-order valence-corrected chi connectivity index (χ1v) is 3.46. The zero-order valence-corrected chi connectivity index (χ0v) is 6.46. The maximum atomic E-state index is 10.7. The zero-order valence-electron chi connectivity index (χ0n) is 6.46. The van der Waals surface area contributed by atoms with Crippen molar-refractivity contribution in [1.29, 1.82) is 0 Å². The fourth-order valence-corrected chi connectivity index (χ4v) is 0.404. The average Bonchev–Trinajstić information content (AvgIpc) is 1.88. The molecule has 0 radical (unpaired) electrons. The number of carbonyl (C=O) groups excluding carboxylic acids is 1. The molecular formula is C7H14O3. The van der Waals surface area contributed by atoms with E-state index in [0.717, 1.165) is 0 Å². The second-order valence-electron chi connectivity index (χ2n) is 2.40. The molecule has 3 nitrogen and oxygen atoms in total. The number of hydrogen-bond acceptors (Lipinski definition) is 3. The van der Waals surface area contributed by atoms with Gasteiger partial charge in [0.2, 0.25) is 0 Å². The van der Waals surface area contributed by atoms with E-state index in [9.17, 15) is 4.79 Å². The van der Waals surface area contributed by atoms with Gasteiger partial charge in [-0.25, -0.2) is 0 Å². The summed E-state index contributed by atoms with van der Waals surface area (Å²) in [6.45, 7) is 3.96. The van der Waals surface area contributed by atoms with E-state index in [0.29, 0.717) is 13.0 Å². The Kier molecular flexibility index (Phi) is 4.94. The van der Waals surface area contributed by atoms with Gasteiger partial charge in [0.15, 0.2) is 0 Å². The molecule has 0 aromatic rings. The standard InChI is InChI=1S/C7H14O3/c1-6(2)7(9)10-5-3-4-8/h6,8H,3-5H2,1-2H3. The molecular weight excluding hydrogens is 132 g/mol. The van der Waals surface area contributed by atoms with E-state index in [1.807, 2.05) is 0 Å². The van der Waals surface area contributed by atoms with Gasteiger partial charge in [-0.3, -0.25) is 4.79 Å². The molecule has 0 fully saturated rings. The average molecular weight is 146 g/mol. The fraction of sp³-hybridized carbons (Fsp3) is 0.857. The van der Waals surface area contributed by atoms with Crippen molar-refractivity contribution in [3.8, 4) is 0 Å². The molecule has 0 saturated heterocycles. The number of aliphatic hydroxyl groups is 1. The molecule has 0 bridgehead atoms. The number of ether oxygens (including phenoxy) is 1. The van der Waals surface area contributed by atoms with Crippen molar-refractivity contribution in [2.75, 3.05) is 13.2 Å². The molecule has 10 heavy (non-hydrogen) atoms. The monoisotopic (exact) mass is 146 g/mol. The lowest BCUT2D eigenvalue weighted by molar-refractivity contribution is -0.147. The molecule has 0 aliphatic heterocycles. The van der Waals surface area contributed by atoms with Gasteiger partial charge in [-0.2, -0.15) is 0 Å². The molecule has 0 aliphatic rings. The number of aliphatic hydroxyl groups excluding tert-OH is 1. The Morgan fingerprint density at radius 3 is 2.60 bits per heavy atom. The van der Waals surface area contributed by atoms with Crippen molar-refractivity contribution < 1.29 is 14.6 Å². The van der Waals surface area contributed by atoms with Gasteiger partial charge in [0, 0.05) is 13.0 Å². The maximum Gasteiger partial charge on any atom is 0.308 e. The van der Waals surface area contributed by atoms with Crippen LogP contribution in [-0.4, -0.2) is 24.3 Å². The van der Waals surface area contributed by atoms with Crippen LogP contribution < -0.4 is 0 Å². The molecule has 0 spiro atoms. The minimum Gasteiger partial charge on any atom is -0.465 e. The lowest BCUT2D eigenvalue weighted by Crippen LogP contribution is -2.12. The first-order chi connectivity index (χ1) is 4.68. The van der Waals surface area contributed by atoms with Gasteiger partial charge in [0.1, 0.15) is 0 Å². The molecule has 0 saturated carbocycles. The Bertz CT molecular complexity index is 99.0. The van der Waals surface area contributed by atoms with Crippen LogP contribution in [0, 0.1) is 5.92 Å². The Labute approximate surface area is 61.0 Å². The minimum absolute atomic E-state index is 0.0707. The van der Waals surface area contributed by atoms with Gasteiger partial charge in [-0.1, -0.05) is 13.8 Å². The predicted molar refractivity (Wildman–Crippen MR) is 37.5 cm³/mol. The van der Waals surface area contributed by atoms with Crippen molar-refractivity contribution in [3.05, 3.63) is 0 Å². The van der Waals surface area contributed by atoms with E-state index < -0.39 is 0 Å². The summed E-state index contributed by atoms with van der Waals surface area (Å²) in [5.41, 5.74) is 0. The second kappa shape index (κ2) is 5.23. The van der Waals surface area contributed by atoms with Crippen LogP contribution in [0.25, 0.3) is 0 Å². The van der Waals surface area contributed by atoms with Crippen LogP contribution in [0.1, 0.15) is 20.3 Å². The normalized spacial score (nSPS) is 10.0. The molecule has 0 amide bonds. The van der Waals surface area contributed by atoms with Crippen molar-refractivity contribution >= 4 is 5.97 Å². The minimum atomic E-state index is -0.201. The molecule has 0 heterocycles. The fourth-order valence-electron chi connectivity index (χ4n) is 0.404. The van der Waals surface area contributed by atoms with E-state index in [4.69, 9.17) is 9.84 Å². The molecule has 0 atom stereocenters. The Morgan fingerprint density at radius 2 is 2.20 bits per heavy atom. The van der Waals surface area contributed by atoms with Gasteiger partial charge in [0.25, 0.3) is 0 Å². The summed E-state index contributed by atoms with van der Waals surface area (Å²) in [6, 6.07) is 0. The Balaban J connectivity index is 3.22. The second-order valence-corrected chi connectivity index (χ2v) is 2.40. The highest BCUT2D eigenvalue weighted by Crippen LogP contribution is 1.95. The van der Waals surface area contributed by atoms with Crippen LogP contribution in [0.2, 0.25) is 0 Å². The van der Waals surface area contributed by atoms with Crippen molar-refractivity contribution in [2.24, 2.45) is 5.92 Å². The van der Waals surface area contributed by atoms with Gasteiger partial charge >= 0.3 is 5.97 Å². The van der Waals surface area contributed by atoms with Gasteiger partial charge in [-0.05, 0) is 0 Å². The van der Waals surface area contributed by atoms with Crippen LogP contribution in [0.15, 0.2) is 0 Å². The van der Waals surface area contributed by atoms with E-state index in [-0.39, 0.29) is 18.5 Å². The predicted octanol–water partition coefficient (Wildman–Crippen LogP) is 0.568. The molecule has 0 aromatic heterocycles. The molecule has 0 aromatic carbocycles. The molecule has 60 valence electrons. The number of esters is 1. The van der Waals surface area contributed by atoms with Crippen LogP contribution in [0.5, 0.6) is 0 Å². The summed E-state index contributed by atoms with van der Waals surface area (Å²) in [6.07, 6.45) is 0.526. The molecule has 0 unspecified atom stereocenters. The number of carbonyl (C=O) groups is 1. The largest absolute Gasteiger partial charge is 0.465 e. The summed E-state index contributed by atoms with van der Waals surface area (Å²) in [5, 5.41) is 8.33. The van der Waals surface area contributed by atoms with Crippen LogP contribution >= 0.6 is 0 Å². The summed E-state index contributed by atoms with van der Waals surface area (Å²) in [4.78, 5) is 10.7. The molecule has 0 aliphatic carbocycles. The van der Waals surface area contributed by atoms with Gasteiger partial charge < -0.3 is 9.84 Å². The highest BCUT2D eigenvalue weighted by atomic mass is 16.5. The Hall–Kier alpha value is -0.570. The quantitative estimate of drug-likeness (QED) is 0.466. The zero-order chi connectivity index (χ0) is 7.98. The van der Waals surface area contributed by atoms with E-state index in [2.05, 4.69) is 0 Å². The highest BCUT2D eigenvalue weighted by Gasteiger charge is 2.06. The summed E-state index contributed by atoms with van der Waals surface area (Å²) >= 11 is 0. The first kappa shape index (κ1) is 9.43. The van der Waals surface area contributed by atoms with Crippen molar-refractivity contribution in [1.82, 2.24) is 0 Å². The van der Waals surface area contributed by atoms with E-state index in [1.165, 1.54) is 0 Å². The smallest absolute Gasteiger partial charge is 0.308 e. The number of rotatable bonds is 4. The third-order valence-corrected chi connectivity index (χ3v) is 1.02. The van der Waals surface area contributed by atoms with E-state index >= 15 is 0 Å². The van der Waals surface area contributed by atoms with Crippen LogP contribution in [0.4, 0.5) is 0 Å². The Morgan fingerprint density at radius 1 is 1.60 bits per heavy atom. The van der Waals surface area contributed by atoms with Crippen LogP contribution in [-0.2, 0) is 9.53 Å². The van der Waals surface area contributed by atoms with Crippen molar-refractivity contribution in [3.63, 3.8) is 0 Å². The molecule has 3 heteroatoms. The highest BCUT2D eigenvalue weighted by molar-refractivity contribution is 5.71. The maximum absolute atomic E-state index is 10.7. The summed E-state index contributed by atoms with van der Waals surface area (Å²) < 4.78 is 4.74. The molecule has 0 rings (SSSR count). The lowest BCUT2D eigenvalue weighted by Gasteiger charge is -2.04. The summed E-state index contributed by atoms with van der Waals surface area (Å²) in [5.74, 6) is -0.271. The van der Waals surface area contributed by atoms with Gasteiger partial charge in [0.05, 0.1) is 12.5 Å². The summed E-state index contributed by atoms with van der Waals surface area (Å²) in [7, 11) is 0.